The van der Waals surface area contributed by atoms with Crippen molar-refractivity contribution < 1.29 is 23.9 Å². The number of nitrogens with zero attached hydrogens (tertiary/aromatic N) is 1. The Morgan fingerprint density at radius 1 is 1.09 bits per heavy atom. The lowest BCUT2D eigenvalue weighted by molar-refractivity contribution is -0.145. The Kier molecular flexibility index (Phi) is 10.5. The monoisotopic (exact) mass is 469 g/mol. The topological polar surface area (TPSA) is 144 Å². The number of aliphatic imine (C=N–C) groups is 1. The number of amides is 2. The first-order valence-electron chi connectivity index (χ1n) is 10.9. The summed E-state index contributed by atoms with van der Waals surface area (Å²) >= 11 is 0. The lowest BCUT2D eigenvalue weighted by Crippen LogP contribution is -2.43. The summed E-state index contributed by atoms with van der Waals surface area (Å²) in [5, 5.41) is 5.38. The van der Waals surface area contributed by atoms with Crippen molar-refractivity contribution in [2.45, 2.75) is 33.2 Å². The SMILES string of the molecule is CCOC(=O)[C@H](Cc1ccc(NC(=O)c2cccc(N=CNN)c2)cc1)NC(=O)OCC(C)C. The van der Waals surface area contributed by atoms with Gasteiger partial charge in [0.2, 0.25) is 0 Å². The Morgan fingerprint density at radius 2 is 1.82 bits per heavy atom. The molecule has 0 aliphatic heterocycles. The molecule has 1 atom stereocenters. The molecule has 0 radical (unpaired) electrons. The highest BCUT2D eigenvalue weighted by atomic mass is 16.6. The number of anilines is 1. The molecule has 182 valence electrons. The number of benzene rings is 2. The molecule has 0 fully saturated rings. The van der Waals surface area contributed by atoms with Crippen molar-refractivity contribution in [3.8, 4) is 0 Å². The van der Waals surface area contributed by atoms with Crippen molar-refractivity contribution in [2.24, 2.45) is 16.8 Å². The third-order valence-corrected chi connectivity index (χ3v) is 4.46. The summed E-state index contributed by atoms with van der Waals surface area (Å²) in [5.74, 6) is 4.49. The average molecular weight is 470 g/mol. The van der Waals surface area contributed by atoms with E-state index in [0.717, 1.165) is 5.56 Å². The molecule has 0 spiro atoms. The van der Waals surface area contributed by atoms with E-state index in [9.17, 15) is 14.4 Å². The van der Waals surface area contributed by atoms with Gasteiger partial charge in [0.05, 0.1) is 18.9 Å². The summed E-state index contributed by atoms with van der Waals surface area (Å²) in [6, 6.07) is 12.8. The lowest BCUT2D eigenvalue weighted by Gasteiger charge is -2.18. The van der Waals surface area contributed by atoms with Crippen molar-refractivity contribution in [1.29, 1.82) is 0 Å². The van der Waals surface area contributed by atoms with Crippen LogP contribution >= 0.6 is 0 Å². The number of hydrogen-bond donors (Lipinski definition) is 4. The van der Waals surface area contributed by atoms with Gasteiger partial charge in [0.25, 0.3) is 5.91 Å². The van der Waals surface area contributed by atoms with Gasteiger partial charge in [-0.25, -0.2) is 20.4 Å². The van der Waals surface area contributed by atoms with Gasteiger partial charge in [-0.3, -0.25) is 4.79 Å². The summed E-state index contributed by atoms with van der Waals surface area (Å²) in [7, 11) is 0. The molecule has 2 aromatic rings. The van der Waals surface area contributed by atoms with E-state index < -0.39 is 18.1 Å². The van der Waals surface area contributed by atoms with Crippen LogP contribution in [0.2, 0.25) is 0 Å². The van der Waals surface area contributed by atoms with E-state index in [1.807, 2.05) is 13.8 Å². The second-order valence-corrected chi connectivity index (χ2v) is 7.77. The average Bonchev–Trinajstić information content (AvgIpc) is 2.82. The van der Waals surface area contributed by atoms with Gasteiger partial charge in [-0.2, -0.15) is 0 Å². The number of hydrazine groups is 1. The smallest absolute Gasteiger partial charge is 0.407 e. The Balaban J connectivity index is 2.03. The summed E-state index contributed by atoms with van der Waals surface area (Å²) in [4.78, 5) is 41.0. The van der Waals surface area contributed by atoms with Gasteiger partial charge in [0, 0.05) is 17.7 Å². The predicted octanol–water partition coefficient (Wildman–Crippen LogP) is 2.92. The van der Waals surface area contributed by atoms with Crippen LogP contribution in [0.5, 0.6) is 0 Å². The van der Waals surface area contributed by atoms with E-state index in [-0.39, 0.29) is 31.5 Å². The zero-order chi connectivity index (χ0) is 24.9. The van der Waals surface area contributed by atoms with Crippen molar-refractivity contribution >= 4 is 35.7 Å². The summed E-state index contributed by atoms with van der Waals surface area (Å²) in [6.07, 6.45) is 0.849. The molecule has 0 aromatic heterocycles. The second-order valence-electron chi connectivity index (χ2n) is 7.77. The lowest BCUT2D eigenvalue weighted by atomic mass is 10.1. The molecule has 34 heavy (non-hydrogen) atoms. The second kappa shape index (κ2) is 13.6. The molecular formula is C24H31N5O5. The molecule has 0 heterocycles. The van der Waals surface area contributed by atoms with Crippen LogP contribution in [0.3, 0.4) is 0 Å². The number of ether oxygens (including phenoxy) is 2. The molecular weight excluding hydrogens is 438 g/mol. The first-order valence-corrected chi connectivity index (χ1v) is 10.9. The van der Waals surface area contributed by atoms with Gasteiger partial charge >= 0.3 is 12.1 Å². The maximum absolute atomic E-state index is 12.6. The molecule has 2 amide bonds. The molecule has 0 aliphatic carbocycles. The van der Waals surface area contributed by atoms with E-state index in [4.69, 9.17) is 15.3 Å². The zero-order valence-electron chi connectivity index (χ0n) is 19.5. The highest BCUT2D eigenvalue weighted by Gasteiger charge is 2.23. The van der Waals surface area contributed by atoms with Crippen LogP contribution in [-0.4, -0.2) is 43.6 Å². The largest absolute Gasteiger partial charge is 0.464 e. The maximum atomic E-state index is 12.6. The fourth-order valence-corrected chi connectivity index (χ4v) is 2.86. The van der Waals surface area contributed by atoms with Crippen LogP contribution in [-0.2, 0) is 20.7 Å². The van der Waals surface area contributed by atoms with Gasteiger partial charge in [0.15, 0.2) is 0 Å². The molecule has 0 bridgehead atoms. The third kappa shape index (κ3) is 8.91. The van der Waals surface area contributed by atoms with E-state index in [1.165, 1.54) is 6.34 Å². The van der Waals surface area contributed by atoms with Crippen molar-refractivity contribution in [3.05, 3.63) is 59.7 Å². The molecule has 10 nitrogen and oxygen atoms in total. The standard InChI is InChI=1S/C24H31N5O5/c1-4-33-23(31)21(29-24(32)34-14-16(2)3)12-17-8-10-19(11-9-17)28-22(30)18-6-5-7-20(13-18)26-15-27-25/h5-11,13,15-16,21H,4,12,14,25H2,1-3H3,(H,26,27)(H,28,30)(H,29,32)/t21-/m0/s1. The van der Waals surface area contributed by atoms with Gasteiger partial charge < -0.3 is 25.5 Å². The Hall–Kier alpha value is -3.92. The molecule has 0 aliphatic rings. The Morgan fingerprint density at radius 3 is 2.47 bits per heavy atom. The number of alkyl carbamates (subject to hydrolysis) is 1. The molecule has 5 N–H and O–H groups in total. The van der Waals surface area contributed by atoms with Crippen LogP contribution < -0.4 is 21.9 Å². The first-order chi connectivity index (χ1) is 16.3. The van der Waals surface area contributed by atoms with Crippen LogP contribution in [0.25, 0.3) is 0 Å². The van der Waals surface area contributed by atoms with Crippen LogP contribution in [0.4, 0.5) is 16.2 Å². The summed E-state index contributed by atoms with van der Waals surface area (Å²) in [6.45, 7) is 5.97. The highest BCUT2D eigenvalue weighted by molar-refractivity contribution is 6.04. The molecule has 0 unspecified atom stereocenters. The number of rotatable bonds is 11. The van der Waals surface area contributed by atoms with Gasteiger partial charge in [-0.1, -0.05) is 32.0 Å². The Bertz CT molecular complexity index is 992. The van der Waals surface area contributed by atoms with E-state index in [2.05, 4.69) is 21.1 Å². The minimum absolute atomic E-state index is 0.174. The number of esters is 1. The molecule has 0 saturated carbocycles. The fraction of sp³-hybridized carbons (Fsp3) is 0.333. The highest BCUT2D eigenvalue weighted by Crippen LogP contribution is 2.17. The van der Waals surface area contributed by atoms with Gasteiger partial charge in [0.1, 0.15) is 12.4 Å². The summed E-state index contributed by atoms with van der Waals surface area (Å²) in [5.41, 5.74) is 4.66. The number of nitrogens with one attached hydrogen (secondary N) is 3. The molecule has 10 heteroatoms. The molecule has 2 aromatic carbocycles. The van der Waals surface area contributed by atoms with Crippen LogP contribution in [0, 0.1) is 5.92 Å². The number of hydrogen-bond acceptors (Lipinski definition) is 7. The fourth-order valence-electron chi connectivity index (χ4n) is 2.86. The van der Waals surface area contributed by atoms with Crippen molar-refractivity contribution in [1.82, 2.24) is 10.7 Å². The Labute approximate surface area is 198 Å². The number of carbonyl (C=O) groups is 3. The van der Waals surface area contributed by atoms with Crippen LogP contribution in [0.15, 0.2) is 53.5 Å². The normalized spacial score (nSPS) is 11.7. The van der Waals surface area contributed by atoms with Gasteiger partial charge in [-0.15, -0.1) is 0 Å². The maximum Gasteiger partial charge on any atom is 0.407 e. The third-order valence-electron chi connectivity index (χ3n) is 4.46. The summed E-state index contributed by atoms with van der Waals surface area (Å²) < 4.78 is 10.2. The zero-order valence-corrected chi connectivity index (χ0v) is 19.5. The quantitative estimate of drug-likeness (QED) is 0.130. The minimum atomic E-state index is -0.897. The van der Waals surface area contributed by atoms with E-state index in [0.29, 0.717) is 16.9 Å². The van der Waals surface area contributed by atoms with E-state index >= 15 is 0 Å². The number of carbonyl (C=O) groups excluding carboxylic acids is 3. The van der Waals surface area contributed by atoms with Crippen molar-refractivity contribution in [3.63, 3.8) is 0 Å². The number of nitrogens with two attached hydrogens (primary N) is 1. The van der Waals surface area contributed by atoms with Crippen molar-refractivity contribution in [2.75, 3.05) is 18.5 Å². The minimum Gasteiger partial charge on any atom is -0.464 e. The predicted molar refractivity (Wildman–Crippen MR) is 130 cm³/mol. The van der Waals surface area contributed by atoms with Gasteiger partial charge in [-0.05, 0) is 48.7 Å². The molecule has 2 rings (SSSR count). The first kappa shape index (κ1) is 26.3. The van der Waals surface area contributed by atoms with Crippen LogP contribution in [0.1, 0.15) is 36.7 Å². The molecule has 0 saturated heterocycles. The van der Waals surface area contributed by atoms with E-state index in [1.54, 1.807) is 55.5 Å².